The number of nitrogens with one attached hydrogen (secondary N) is 2. The summed E-state index contributed by atoms with van der Waals surface area (Å²) in [5.74, 6) is 0.138. The minimum atomic E-state index is -1.24. The molecule has 12 nitrogen and oxygen atoms in total. The quantitative estimate of drug-likeness (QED) is 0.288. The van der Waals surface area contributed by atoms with Gasteiger partial charge in [-0.2, -0.15) is 0 Å². The lowest BCUT2D eigenvalue weighted by atomic mass is 10.2. The smallest absolute Gasteiger partial charge is 0.413 e. The van der Waals surface area contributed by atoms with E-state index in [1.165, 1.54) is 12.7 Å². The second-order valence-corrected chi connectivity index (χ2v) is 8.83. The van der Waals surface area contributed by atoms with E-state index in [4.69, 9.17) is 9.47 Å². The van der Waals surface area contributed by atoms with Gasteiger partial charge in [-0.25, -0.2) is 24.5 Å². The average molecular weight is 519 g/mol. The molecule has 0 saturated heterocycles. The number of carbonyl (C=O) groups is 2. The van der Waals surface area contributed by atoms with Crippen molar-refractivity contribution in [3.05, 3.63) is 84.4 Å². The maximum absolute atomic E-state index is 12.3. The Balaban J connectivity index is 1.23. The van der Waals surface area contributed by atoms with Gasteiger partial charge in [0.1, 0.15) is 31.7 Å². The third-order valence-electron chi connectivity index (χ3n) is 6.32. The van der Waals surface area contributed by atoms with Gasteiger partial charge in [-0.15, -0.1) is 0 Å². The standard InChI is InChI=1S/C26H26N6O6/c33-21-18(30-25(35)37-12-16-7-3-1-4-8-16)11-19(22(21)34)32-15-29-20-23(27-14-28-24(20)32)31-26(36)38-13-17-9-5-2-6-10-17/h1-10,14-15,18-19,21-22,33-34H,11-13H2,(H,30,35)(H,27,28,31,36)/t18-,19-,21+,22+/m1/s1. The van der Waals surface area contributed by atoms with Crippen LogP contribution in [-0.2, 0) is 22.7 Å². The number of aromatic nitrogens is 4. The second-order valence-electron chi connectivity index (χ2n) is 8.83. The third kappa shape index (κ3) is 5.56. The maximum Gasteiger partial charge on any atom is 0.413 e. The van der Waals surface area contributed by atoms with Gasteiger partial charge in [0.2, 0.25) is 0 Å². The molecule has 38 heavy (non-hydrogen) atoms. The van der Waals surface area contributed by atoms with Crippen LogP contribution < -0.4 is 10.6 Å². The molecule has 0 spiro atoms. The topological polar surface area (TPSA) is 161 Å². The van der Waals surface area contributed by atoms with Gasteiger partial charge in [0, 0.05) is 0 Å². The van der Waals surface area contributed by atoms with Crippen LogP contribution >= 0.6 is 0 Å². The van der Waals surface area contributed by atoms with E-state index in [1.807, 2.05) is 60.7 Å². The molecular weight excluding hydrogens is 492 g/mol. The van der Waals surface area contributed by atoms with Crippen molar-refractivity contribution in [2.24, 2.45) is 0 Å². The molecule has 2 aromatic heterocycles. The number of nitrogens with zero attached hydrogens (tertiary/aromatic N) is 4. The normalized spacial score (nSPS) is 20.7. The molecule has 0 radical (unpaired) electrons. The number of aliphatic hydroxyl groups is 2. The van der Waals surface area contributed by atoms with Crippen LogP contribution in [0.1, 0.15) is 23.6 Å². The van der Waals surface area contributed by atoms with Crippen LogP contribution in [0.2, 0.25) is 0 Å². The molecular formula is C26H26N6O6. The first-order valence-electron chi connectivity index (χ1n) is 12.0. The number of anilines is 1. The molecule has 1 aliphatic rings. The van der Waals surface area contributed by atoms with Crippen molar-refractivity contribution in [2.75, 3.05) is 5.32 Å². The summed E-state index contributed by atoms with van der Waals surface area (Å²) >= 11 is 0. The van der Waals surface area contributed by atoms with Gasteiger partial charge in [0.05, 0.1) is 18.4 Å². The van der Waals surface area contributed by atoms with Crippen molar-refractivity contribution in [3.63, 3.8) is 0 Å². The highest BCUT2D eigenvalue weighted by Gasteiger charge is 2.44. The average Bonchev–Trinajstić information content (AvgIpc) is 3.49. The molecule has 196 valence electrons. The lowest BCUT2D eigenvalue weighted by Gasteiger charge is -2.18. The molecule has 1 fully saturated rings. The summed E-state index contributed by atoms with van der Waals surface area (Å²) in [6.07, 6.45) is -0.983. The summed E-state index contributed by atoms with van der Waals surface area (Å²) < 4.78 is 12.1. The molecule has 2 heterocycles. The number of aliphatic hydroxyl groups excluding tert-OH is 2. The number of benzene rings is 2. The first kappa shape index (κ1) is 25.1. The molecule has 0 aliphatic heterocycles. The number of alkyl carbamates (subject to hydrolysis) is 1. The van der Waals surface area contributed by atoms with E-state index >= 15 is 0 Å². The molecule has 5 rings (SSSR count). The van der Waals surface area contributed by atoms with Gasteiger partial charge in [-0.3, -0.25) is 5.32 Å². The molecule has 4 N–H and O–H groups in total. The van der Waals surface area contributed by atoms with Crippen molar-refractivity contribution in [2.45, 2.75) is 43.9 Å². The van der Waals surface area contributed by atoms with Crippen LogP contribution in [0.5, 0.6) is 0 Å². The number of fused-ring (bicyclic) bond motifs is 1. The summed E-state index contributed by atoms with van der Waals surface area (Å²) in [7, 11) is 0. The van der Waals surface area contributed by atoms with E-state index in [9.17, 15) is 19.8 Å². The summed E-state index contributed by atoms with van der Waals surface area (Å²) in [5.41, 5.74) is 2.28. The van der Waals surface area contributed by atoms with Crippen LogP contribution in [0.3, 0.4) is 0 Å². The molecule has 2 aromatic carbocycles. The van der Waals surface area contributed by atoms with Crippen molar-refractivity contribution in [1.29, 1.82) is 0 Å². The van der Waals surface area contributed by atoms with E-state index < -0.39 is 36.5 Å². The lowest BCUT2D eigenvalue weighted by molar-refractivity contribution is 0.0136. The molecule has 4 aromatic rings. The Kier molecular flexibility index (Phi) is 7.43. The van der Waals surface area contributed by atoms with E-state index in [0.29, 0.717) is 5.65 Å². The zero-order valence-electron chi connectivity index (χ0n) is 20.2. The predicted octanol–water partition coefficient (Wildman–Crippen LogP) is 2.54. The number of rotatable bonds is 7. The van der Waals surface area contributed by atoms with Crippen molar-refractivity contribution >= 4 is 29.2 Å². The van der Waals surface area contributed by atoms with Crippen LogP contribution in [0.15, 0.2) is 73.3 Å². The molecule has 4 atom stereocenters. The Bertz CT molecular complexity index is 1400. The van der Waals surface area contributed by atoms with E-state index in [1.54, 1.807) is 4.57 Å². The third-order valence-corrected chi connectivity index (χ3v) is 6.32. The molecule has 1 saturated carbocycles. The van der Waals surface area contributed by atoms with Gasteiger partial charge in [0.15, 0.2) is 17.0 Å². The van der Waals surface area contributed by atoms with Gasteiger partial charge in [-0.05, 0) is 17.5 Å². The first-order valence-corrected chi connectivity index (χ1v) is 12.0. The van der Waals surface area contributed by atoms with Gasteiger partial charge in [-0.1, -0.05) is 60.7 Å². The van der Waals surface area contributed by atoms with E-state index in [0.717, 1.165) is 11.1 Å². The fourth-order valence-electron chi connectivity index (χ4n) is 4.39. The van der Waals surface area contributed by atoms with E-state index in [-0.39, 0.29) is 31.0 Å². The molecule has 0 unspecified atom stereocenters. The van der Waals surface area contributed by atoms with E-state index in [2.05, 4.69) is 25.6 Å². The molecule has 12 heteroatoms. The minimum Gasteiger partial charge on any atom is -0.445 e. The molecule has 0 bridgehead atoms. The number of hydrogen-bond acceptors (Lipinski definition) is 9. The molecule has 1 aliphatic carbocycles. The minimum absolute atomic E-state index is 0.0775. The SMILES string of the molecule is O=C(Nc1ncnc2c1ncn2[C@@H]1C[C@@H](NC(=O)OCc2ccccc2)[C@H](O)[C@H]1O)OCc1ccccc1. The van der Waals surface area contributed by atoms with Crippen molar-refractivity contribution in [3.8, 4) is 0 Å². The Morgan fingerprint density at radius 1 is 0.868 bits per heavy atom. The summed E-state index contributed by atoms with van der Waals surface area (Å²) in [6.45, 7) is 0.164. The van der Waals surface area contributed by atoms with Gasteiger partial charge in [0.25, 0.3) is 0 Å². The zero-order valence-corrected chi connectivity index (χ0v) is 20.2. The fraction of sp³-hybridized carbons (Fsp3) is 0.269. The highest BCUT2D eigenvalue weighted by atomic mass is 16.6. The van der Waals surface area contributed by atoms with Gasteiger partial charge >= 0.3 is 12.2 Å². The number of imidazole rings is 1. The highest BCUT2D eigenvalue weighted by Crippen LogP contribution is 2.34. The number of amides is 2. The van der Waals surface area contributed by atoms with Gasteiger partial charge < -0.3 is 29.6 Å². The number of hydrogen-bond donors (Lipinski definition) is 4. The van der Waals surface area contributed by atoms with Crippen molar-refractivity contribution < 1.29 is 29.3 Å². The number of carbonyl (C=O) groups excluding carboxylic acids is 2. The summed E-state index contributed by atoms with van der Waals surface area (Å²) in [6, 6.07) is 17.0. The largest absolute Gasteiger partial charge is 0.445 e. The predicted molar refractivity (Wildman–Crippen MR) is 135 cm³/mol. The van der Waals surface area contributed by atoms with Crippen LogP contribution in [0.4, 0.5) is 15.4 Å². The van der Waals surface area contributed by atoms with Crippen LogP contribution in [0, 0.1) is 0 Å². The fourth-order valence-corrected chi connectivity index (χ4v) is 4.39. The second kappa shape index (κ2) is 11.2. The Morgan fingerprint density at radius 3 is 2.16 bits per heavy atom. The lowest BCUT2D eigenvalue weighted by Crippen LogP contribution is -2.43. The monoisotopic (exact) mass is 518 g/mol. The Labute approximate surface area is 217 Å². The maximum atomic E-state index is 12.3. The van der Waals surface area contributed by atoms with Crippen LogP contribution in [0.25, 0.3) is 11.2 Å². The Hall–Kier alpha value is -4.55. The van der Waals surface area contributed by atoms with Crippen LogP contribution in [-0.4, -0.2) is 60.2 Å². The summed E-state index contributed by atoms with van der Waals surface area (Å²) in [5, 5.41) is 26.5. The Morgan fingerprint density at radius 2 is 1.50 bits per heavy atom. The van der Waals surface area contributed by atoms with Crippen molar-refractivity contribution in [1.82, 2.24) is 24.8 Å². The molecule has 2 amide bonds. The number of ether oxygens (including phenoxy) is 2. The first-order chi connectivity index (χ1) is 18.5. The summed E-state index contributed by atoms with van der Waals surface area (Å²) in [4.78, 5) is 37.3. The highest BCUT2D eigenvalue weighted by molar-refractivity contribution is 5.93. The zero-order chi connectivity index (χ0) is 26.5.